The number of halogens is 1. The number of nitrogens with one attached hydrogen (secondary N) is 3. The van der Waals surface area contributed by atoms with E-state index in [2.05, 4.69) is 16.2 Å². The van der Waals surface area contributed by atoms with E-state index in [1.165, 1.54) is 0 Å². The van der Waals surface area contributed by atoms with Gasteiger partial charge < -0.3 is 10.2 Å². The van der Waals surface area contributed by atoms with Crippen LogP contribution in [0, 0.1) is 0 Å². The molecule has 2 aromatic rings. The first kappa shape index (κ1) is 16.6. The first-order valence-electron chi connectivity index (χ1n) is 6.86. The van der Waals surface area contributed by atoms with Gasteiger partial charge in [-0.05, 0) is 48.5 Å². The highest BCUT2D eigenvalue weighted by Crippen LogP contribution is 2.13. The summed E-state index contributed by atoms with van der Waals surface area (Å²) in [4.78, 5) is 25.6. The van der Waals surface area contributed by atoms with Crippen molar-refractivity contribution in [2.75, 3.05) is 24.3 Å². The van der Waals surface area contributed by atoms with Crippen molar-refractivity contribution in [3.63, 3.8) is 0 Å². The van der Waals surface area contributed by atoms with E-state index >= 15 is 0 Å². The Hall–Kier alpha value is -2.73. The third-order valence-electron chi connectivity index (χ3n) is 3.04. The Kier molecular flexibility index (Phi) is 5.43. The monoisotopic (exact) mass is 332 g/mol. The average Bonchev–Trinajstić information content (AvgIpc) is 2.55. The van der Waals surface area contributed by atoms with Crippen LogP contribution in [0.2, 0.25) is 5.02 Å². The van der Waals surface area contributed by atoms with E-state index < -0.39 is 11.9 Å². The van der Waals surface area contributed by atoms with Gasteiger partial charge in [0.05, 0.1) is 0 Å². The van der Waals surface area contributed by atoms with Gasteiger partial charge in [0.2, 0.25) is 0 Å². The first-order valence-corrected chi connectivity index (χ1v) is 7.24. The number of carbonyl (C=O) groups excluding carboxylic acids is 2. The minimum absolute atomic E-state index is 0.401. The summed E-state index contributed by atoms with van der Waals surface area (Å²) in [5.74, 6) is -0.401. The molecule has 0 unspecified atom stereocenters. The van der Waals surface area contributed by atoms with Crippen LogP contribution in [0.25, 0.3) is 0 Å². The molecule has 3 N–H and O–H groups in total. The Morgan fingerprint density at radius 2 is 1.52 bits per heavy atom. The molecule has 7 heteroatoms. The molecule has 0 saturated heterocycles. The standard InChI is InChI=1S/C16H17ClN4O2/c1-21(2)14-9-3-11(4-10-14)15(22)19-20-16(23)18-13-7-5-12(17)6-8-13/h3-10H,1-2H3,(H,19,22)(H2,18,20,23). The molecule has 2 rings (SSSR count). The summed E-state index contributed by atoms with van der Waals surface area (Å²) in [6.07, 6.45) is 0. The molecule has 23 heavy (non-hydrogen) atoms. The van der Waals surface area contributed by atoms with E-state index in [0.717, 1.165) is 5.69 Å². The molecule has 0 aliphatic heterocycles. The van der Waals surface area contributed by atoms with Crippen LogP contribution in [0.3, 0.4) is 0 Å². The summed E-state index contributed by atoms with van der Waals surface area (Å²) in [5, 5.41) is 3.14. The molecule has 0 aliphatic carbocycles. The van der Waals surface area contributed by atoms with Crippen LogP contribution in [0.1, 0.15) is 10.4 Å². The fourth-order valence-electron chi connectivity index (χ4n) is 1.79. The number of anilines is 2. The lowest BCUT2D eigenvalue weighted by molar-refractivity contribution is 0.0938. The summed E-state index contributed by atoms with van der Waals surface area (Å²) in [6, 6.07) is 13.1. The summed E-state index contributed by atoms with van der Waals surface area (Å²) in [6.45, 7) is 0. The third-order valence-corrected chi connectivity index (χ3v) is 3.29. The molecule has 0 atom stereocenters. The first-order chi connectivity index (χ1) is 11.0. The number of urea groups is 1. The third kappa shape index (κ3) is 4.89. The van der Waals surface area contributed by atoms with Gasteiger partial charge in [0.1, 0.15) is 0 Å². The van der Waals surface area contributed by atoms with Crippen molar-refractivity contribution < 1.29 is 9.59 Å². The zero-order valence-electron chi connectivity index (χ0n) is 12.8. The minimum Gasteiger partial charge on any atom is -0.378 e. The van der Waals surface area contributed by atoms with Gasteiger partial charge in [-0.2, -0.15) is 0 Å². The smallest absolute Gasteiger partial charge is 0.337 e. The number of hydrogen-bond donors (Lipinski definition) is 3. The molecule has 6 nitrogen and oxygen atoms in total. The highest BCUT2D eigenvalue weighted by molar-refractivity contribution is 6.30. The highest BCUT2D eigenvalue weighted by Gasteiger charge is 2.07. The van der Waals surface area contributed by atoms with Gasteiger partial charge in [-0.25, -0.2) is 10.2 Å². The van der Waals surface area contributed by atoms with E-state index in [0.29, 0.717) is 16.3 Å². The molecule has 3 amide bonds. The van der Waals surface area contributed by atoms with Crippen LogP contribution >= 0.6 is 11.6 Å². The van der Waals surface area contributed by atoms with Crippen molar-refractivity contribution in [3.8, 4) is 0 Å². The average molecular weight is 333 g/mol. The Morgan fingerprint density at radius 3 is 2.09 bits per heavy atom. The Bertz CT molecular complexity index is 684. The number of rotatable bonds is 3. The molecule has 0 spiro atoms. The van der Waals surface area contributed by atoms with Crippen LogP contribution in [0.4, 0.5) is 16.2 Å². The van der Waals surface area contributed by atoms with Crippen LogP contribution in [-0.4, -0.2) is 26.0 Å². The Balaban J connectivity index is 1.85. The van der Waals surface area contributed by atoms with Crippen LogP contribution in [0.15, 0.2) is 48.5 Å². The van der Waals surface area contributed by atoms with E-state index in [9.17, 15) is 9.59 Å². The van der Waals surface area contributed by atoms with Gasteiger partial charge in [0.25, 0.3) is 5.91 Å². The Labute approximate surface area is 139 Å². The maximum atomic E-state index is 11.9. The number of amides is 3. The lowest BCUT2D eigenvalue weighted by Crippen LogP contribution is -2.43. The normalized spacial score (nSPS) is 9.87. The van der Waals surface area contributed by atoms with Gasteiger partial charge in [-0.15, -0.1) is 0 Å². The predicted octanol–water partition coefficient (Wildman–Crippen LogP) is 2.87. The summed E-state index contributed by atoms with van der Waals surface area (Å²) in [7, 11) is 3.83. The van der Waals surface area contributed by atoms with Gasteiger partial charge in [0, 0.05) is 36.1 Å². The predicted molar refractivity (Wildman–Crippen MR) is 91.8 cm³/mol. The number of nitrogens with zero attached hydrogens (tertiary/aromatic N) is 1. The van der Waals surface area contributed by atoms with Crippen LogP contribution < -0.4 is 21.1 Å². The molecule has 120 valence electrons. The fourth-order valence-corrected chi connectivity index (χ4v) is 1.92. The topological polar surface area (TPSA) is 73.5 Å². The molecule has 0 radical (unpaired) electrons. The maximum absolute atomic E-state index is 11.9. The zero-order valence-corrected chi connectivity index (χ0v) is 13.5. The van der Waals surface area contributed by atoms with Crippen LogP contribution in [0.5, 0.6) is 0 Å². The van der Waals surface area contributed by atoms with Crippen molar-refractivity contribution in [3.05, 3.63) is 59.1 Å². The van der Waals surface area contributed by atoms with E-state index in [1.54, 1.807) is 36.4 Å². The zero-order chi connectivity index (χ0) is 16.8. The molecule has 0 fully saturated rings. The summed E-state index contributed by atoms with van der Waals surface area (Å²) >= 11 is 5.76. The van der Waals surface area contributed by atoms with Crippen molar-refractivity contribution in [1.29, 1.82) is 0 Å². The second-order valence-electron chi connectivity index (χ2n) is 4.98. The lowest BCUT2D eigenvalue weighted by atomic mass is 10.2. The van der Waals surface area contributed by atoms with Crippen molar-refractivity contribution in [2.24, 2.45) is 0 Å². The SMILES string of the molecule is CN(C)c1ccc(C(=O)NNC(=O)Nc2ccc(Cl)cc2)cc1. The second-order valence-corrected chi connectivity index (χ2v) is 5.42. The molecule has 0 saturated carbocycles. The molecule has 0 aromatic heterocycles. The summed E-state index contributed by atoms with van der Waals surface area (Å²) < 4.78 is 0. The van der Waals surface area contributed by atoms with Crippen molar-refractivity contribution in [1.82, 2.24) is 10.9 Å². The minimum atomic E-state index is -0.550. The molecule has 0 heterocycles. The molecule has 0 bridgehead atoms. The van der Waals surface area contributed by atoms with E-state index in [1.807, 2.05) is 31.1 Å². The van der Waals surface area contributed by atoms with Crippen molar-refractivity contribution in [2.45, 2.75) is 0 Å². The van der Waals surface area contributed by atoms with Gasteiger partial charge in [-0.3, -0.25) is 10.2 Å². The fraction of sp³-hybridized carbons (Fsp3) is 0.125. The quantitative estimate of drug-likeness (QED) is 0.757. The molecular formula is C16H17ClN4O2. The highest BCUT2D eigenvalue weighted by atomic mass is 35.5. The largest absolute Gasteiger partial charge is 0.378 e. The van der Waals surface area contributed by atoms with E-state index in [-0.39, 0.29) is 0 Å². The molecule has 0 aliphatic rings. The van der Waals surface area contributed by atoms with Gasteiger partial charge in [-0.1, -0.05) is 11.6 Å². The van der Waals surface area contributed by atoms with Gasteiger partial charge >= 0.3 is 6.03 Å². The van der Waals surface area contributed by atoms with Crippen molar-refractivity contribution >= 4 is 34.9 Å². The van der Waals surface area contributed by atoms with Gasteiger partial charge in [0.15, 0.2) is 0 Å². The van der Waals surface area contributed by atoms with E-state index in [4.69, 9.17) is 11.6 Å². The number of hydrazine groups is 1. The van der Waals surface area contributed by atoms with Crippen LogP contribution in [-0.2, 0) is 0 Å². The number of hydrogen-bond acceptors (Lipinski definition) is 3. The molecular weight excluding hydrogens is 316 g/mol. The summed E-state index contributed by atoms with van der Waals surface area (Å²) in [5.41, 5.74) is 6.62. The number of benzene rings is 2. The molecule has 2 aromatic carbocycles. The second kappa shape index (κ2) is 7.51. The Morgan fingerprint density at radius 1 is 0.913 bits per heavy atom. The maximum Gasteiger partial charge on any atom is 0.337 e. The number of carbonyl (C=O) groups is 2. The lowest BCUT2D eigenvalue weighted by Gasteiger charge is -2.13.